The third-order valence-electron chi connectivity index (χ3n) is 2.75. The van der Waals surface area contributed by atoms with Gasteiger partial charge in [0.25, 0.3) is 5.91 Å². The first-order valence-electron chi connectivity index (χ1n) is 5.72. The summed E-state index contributed by atoms with van der Waals surface area (Å²) in [6, 6.07) is 11.0. The molecule has 0 aliphatic rings. The molecule has 4 nitrogen and oxygen atoms in total. The van der Waals surface area contributed by atoms with E-state index in [1.807, 2.05) is 41.1 Å². The van der Waals surface area contributed by atoms with E-state index in [9.17, 15) is 4.79 Å². The van der Waals surface area contributed by atoms with Crippen molar-refractivity contribution >= 4 is 33.2 Å². The van der Waals surface area contributed by atoms with E-state index in [2.05, 4.69) is 26.2 Å². The van der Waals surface area contributed by atoms with Gasteiger partial charge in [0.2, 0.25) is 0 Å². The molecule has 94 valence electrons. The number of nitrogens with one attached hydrogen (secondary N) is 1. The van der Waals surface area contributed by atoms with Crippen molar-refractivity contribution in [2.45, 2.75) is 0 Å². The minimum Gasteiger partial charge on any atom is -0.319 e. The van der Waals surface area contributed by atoms with Crippen LogP contribution in [-0.2, 0) is 0 Å². The summed E-state index contributed by atoms with van der Waals surface area (Å²) < 4.78 is 2.73. The summed E-state index contributed by atoms with van der Waals surface area (Å²) in [7, 11) is 0. The molecule has 0 aliphatic heterocycles. The molecule has 5 heteroatoms. The number of fused-ring (bicyclic) bond motifs is 1. The van der Waals surface area contributed by atoms with Crippen LogP contribution in [0.2, 0.25) is 0 Å². The fraction of sp³-hybridized carbons (Fsp3) is 0. The Bertz CT molecular complexity index is 751. The molecule has 0 radical (unpaired) electrons. The molecule has 2 heterocycles. The van der Waals surface area contributed by atoms with E-state index >= 15 is 0 Å². The molecule has 1 N–H and O–H groups in total. The molecule has 19 heavy (non-hydrogen) atoms. The average Bonchev–Trinajstić information content (AvgIpc) is 2.88. The predicted molar refractivity (Wildman–Crippen MR) is 77.3 cm³/mol. The first kappa shape index (κ1) is 11.9. The van der Waals surface area contributed by atoms with Crippen molar-refractivity contribution in [3.63, 3.8) is 0 Å². The highest BCUT2D eigenvalue weighted by Gasteiger charge is 2.09. The third-order valence-corrected chi connectivity index (χ3v) is 3.25. The van der Waals surface area contributed by atoms with Gasteiger partial charge in [0.05, 0.1) is 5.69 Å². The second kappa shape index (κ2) is 4.85. The Balaban J connectivity index is 1.93. The van der Waals surface area contributed by atoms with Gasteiger partial charge in [-0.1, -0.05) is 22.0 Å². The van der Waals surface area contributed by atoms with Gasteiger partial charge < -0.3 is 9.72 Å². The highest BCUT2D eigenvalue weighted by Crippen LogP contribution is 2.17. The largest absolute Gasteiger partial charge is 0.319 e. The van der Waals surface area contributed by atoms with Crippen molar-refractivity contribution in [1.82, 2.24) is 9.38 Å². The number of nitrogens with zero attached hydrogens (tertiary/aromatic N) is 2. The van der Waals surface area contributed by atoms with Gasteiger partial charge in [-0.3, -0.25) is 4.79 Å². The number of hydrogen-bond acceptors (Lipinski definition) is 2. The van der Waals surface area contributed by atoms with E-state index in [1.54, 1.807) is 18.3 Å². The molecular weight excluding hydrogens is 306 g/mol. The summed E-state index contributed by atoms with van der Waals surface area (Å²) in [6.45, 7) is 0. The lowest BCUT2D eigenvalue weighted by atomic mass is 10.2. The fourth-order valence-electron chi connectivity index (χ4n) is 1.87. The second-order valence-corrected chi connectivity index (χ2v) is 4.96. The van der Waals surface area contributed by atoms with Gasteiger partial charge in [0.15, 0.2) is 5.65 Å². The summed E-state index contributed by atoms with van der Waals surface area (Å²) in [5, 5.41) is 2.87. The summed E-state index contributed by atoms with van der Waals surface area (Å²) in [5.41, 5.74) is 2.02. The molecule has 0 unspecified atom stereocenters. The Morgan fingerprint density at radius 3 is 2.95 bits per heavy atom. The van der Waals surface area contributed by atoms with E-state index in [0.29, 0.717) is 11.3 Å². The van der Waals surface area contributed by atoms with E-state index in [-0.39, 0.29) is 5.91 Å². The van der Waals surface area contributed by atoms with Gasteiger partial charge in [-0.2, -0.15) is 0 Å². The maximum absolute atomic E-state index is 12.2. The molecule has 0 saturated heterocycles. The van der Waals surface area contributed by atoms with Crippen LogP contribution in [0.5, 0.6) is 0 Å². The Morgan fingerprint density at radius 1 is 1.21 bits per heavy atom. The van der Waals surface area contributed by atoms with Crippen molar-refractivity contribution < 1.29 is 4.79 Å². The quantitative estimate of drug-likeness (QED) is 0.788. The Hall–Kier alpha value is -2.14. The van der Waals surface area contributed by atoms with Crippen LogP contribution >= 0.6 is 15.9 Å². The van der Waals surface area contributed by atoms with Crippen LogP contribution in [0.15, 0.2) is 59.5 Å². The lowest BCUT2D eigenvalue weighted by Gasteiger charge is -2.06. The van der Waals surface area contributed by atoms with Crippen LogP contribution in [0.4, 0.5) is 5.69 Å². The zero-order valence-corrected chi connectivity index (χ0v) is 11.5. The van der Waals surface area contributed by atoms with Crippen LogP contribution in [0.3, 0.4) is 0 Å². The van der Waals surface area contributed by atoms with Gasteiger partial charge >= 0.3 is 0 Å². The zero-order chi connectivity index (χ0) is 13.2. The fourth-order valence-corrected chi connectivity index (χ4v) is 2.27. The number of benzene rings is 1. The van der Waals surface area contributed by atoms with Crippen LogP contribution in [0.1, 0.15) is 10.4 Å². The zero-order valence-electron chi connectivity index (χ0n) is 9.88. The first-order chi connectivity index (χ1) is 9.24. The number of pyridine rings is 1. The summed E-state index contributed by atoms with van der Waals surface area (Å²) in [4.78, 5) is 16.4. The maximum Gasteiger partial charge on any atom is 0.255 e. The molecule has 1 amide bonds. The Labute approximate surface area is 118 Å². The number of aromatic nitrogens is 2. The molecule has 0 aliphatic carbocycles. The lowest BCUT2D eigenvalue weighted by molar-refractivity contribution is 0.102. The van der Waals surface area contributed by atoms with E-state index in [0.717, 1.165) is 10.1 Å². The topological polar surface area (TPSA) is 46.4 Å². The molecule has 0 atom stereocenters. The maximum atomic E-state index is 12.2. The van der Waals surface area contributed by atoms with Crippen LogP contribution in [0.25, 0.3) is 5.65 Å². The van der Waals surface area contributed by atoms with Gasteiger partial charge in [-0.05, 0) is 30.3 Å². The standard InChI is InChI=1S/C14H10BrN3O/c15-11-4-1-3-10(9-11)14(19)17-12-5-2-7-18-8-6-16-13(12)18/h1-9H,(H,17,19). The normalized spacial score (nSPS) is 10.6. The number of rotatable bonds is 2. The van der Waals surface area contributed by atoms with Crippen molar-refractivity contribution in [1.29, 1.82) is 0 Å². The number of carbonyl (C=O) groups excluding carboxylic acids is 1. The van der Waals surface area contributed by atoms with Gasteiger partial charge in [0.1, 0.15) is 0 Å². The number of hydrogen-bond donors (Lipinski definition) is 1. The minimum atomic E-state index is -0.155. The molecule has 3 aromatic rings. The highest BCUT2D eigenvalue weighted by atomic mass is 79.9. The number of halogens is 1. The molecule has 0 fully saturated rings. The van der Waals surface area contributed by atoms with Crippen molar-refractivity contribution in [2.75, 3.05) is 5.32 Å². The predicted octanol–water partition coefficient (Wildman–Crippen LogP) is 3.35. The smallest absolute Gasteiger partial charge is 0.255 e. The summed E-state index contributed by atoms with van der Waals surface area (Å²) in [5.74, 6) is -0.155. The van der Waals surface area contributed by atoms with Crippen molar-refractivity contribution in [3.8, 4) is 0 Å². The summed E-state index contributed by atoms with van der Waals surface area (Å²) >= 11 is 3.35. The molecule has 1 aromatic carbocycles. The van der Waals surface area contributed by atoms with Crippen molar-refractivity contribution in [3.05, 3.63) is 65.0 Å². The van der Waals surface area contributed by atoms with Gasteiger partial charge in [0, 0.05) is 28.6 Å². The lowest BCUT2D eigenvalue weighted by Crippen LogP contribution is -2.12. The molecule has 0 saturated carbocycles. The first-order valence-corrected chi connectivity index (χ1v) is 6.52. The van der Waals surface area contributed by atoms with Crippen molar-refractivity contribution in [2.24, 2.45) is 0 Å². The van der Waals surface area contributed by atoms with Gasteiger partial charge in [-0.15, -0.1) is 0 Å². The van der Waals surface area contributed by atoms with Crippen LogP contribution < -0.4 is 5.32 Å². The summed E-state index contributed by atoms with van der Waals surface area (Å²) in [6.07, 6.45) is 5.42. The van der Waals surface area contributed by atoms with Gasteiger partial charge in [-0.25, -0.2) is 4.98 Å². The van der Waals surface area contributed by atoms with E-state index in [1.165, 1.54) is 0 Å². The minimum absolute atomic E-state index is 0.155. The Kier molecular flexibility index (Phi) is 3.05. The number of amides is 1. The second-order valence-electron chi connectivity index (χ2n) is 4.04. The monoisotopic (exact) mass is 315 g/mol. The highest BCUT2D eigenvalue weighted by molar-refractivity contribution is 9.10. The molecule has 0 spiro atoms. The molecule has 2 aromatic heterocycles. The average molecular weight is 316 g/mol. The number of imidazole rings is 1. The molecule has 0 bridgehead atoms. The number of carbonyl (C=O) groups is 1. The van der Waals surface area contributed by atoms with Crippen LogP contribution in [0, 0.1) is 0 Å². The molecule has 3 rings (SSSR count). The number of anilines is 1. The Morgan fingerprint density at radius 2 is 2.11 bits per heavy atom. The van der Waals surface area contributed by atoms with E-state index in [4.69, 9.17) is 0 Å². The third kappa shape index (κ3) is 2.37. The SMILES string of the molecule is O=C(Nc1cccn2ccnc12)c1cccc(Br)c1. The molecular formula is C14H10BrN3O. The van der Waals surface area contributed by atoms with Crippen LogP contribution in [-0.4, -0.2) is 15.3 Å². The van der Waals surface area contributed by atoms with E-state index < -0.39 is 0 Å².